The Balaban J connectivity index is 1.43. The maximum atomic E-state index is 12.6. The van der Waals surface area contributed by atoms with Crippen LogP contribution in [0.25, 0.3) is 10.8 Å². The Morgan fingerprint density at radius 2 is 1.98 bits per heavy atom. The molecule has 45 heavy (non-hydrogen) atoms. The molecular formula is C35H47FN6O3. The van der Waals surface area contributed by atoms with E-state index in [0.29, 0.717) is 51.4 Å². The summed E-state index contributed by atoms with van der Waals surface area (Å²) in [5.41, 5.74) is 4.52. The van der Waals surface area contributed by atoms with E-state index in [2.05, 4.69) is 78.8 Å². The second-order valence-corrected chi connectivity index (χ2v) is 12.2. The average molecular weight is 619 g/mol. The zero-order chi connectivity index (χ0) is 31.9. The van der Waals surface area contributed by atoms with Crippen LogP contribution in [0, 0.1) is 6.92 Å². The molecule has 2 aliphatic rings. The topological polar surface area (TPSA) is 74.3 Å². The summed E-state index contributed by atoms with van der Waals surface area (Å²) in [7, 11) is 1.73. The lowest BCUT2D eigenvalue weighted by Gasteiger charge is -2.36. The van der Waals surface area contributed by atoms with Crippen LogP contribution in [0.4, 0.5) is 15.9 Å². The Hall–Kier alpha value is -3.76. The first-order chi connectivity index (χ1) is 21.8. The van der Waals surface area contributed by atoms with E-state index in [0.717, 1.165) is 43.1 Å². The van der Waals surface area contributed by atoms with Crippen molar-refractivity contribution in [2.75, 3.05) is 76.0 Å². The Kier molecular flexibility index (Phi) is 10.9. The van der Waals surface area contributed by atoms with Crippen molar-refractivity contribution in [2.24, 2.45) is 0 Å². The predicted octanol–water partition coefficient (Wildman–Crippen LogP) is 4.80. The third-order valence-corrected chi connectivity index (χ3v) is 8.87. The van der Waals surface area contributed by atoms with Gasteiger partial charge in [-0.05, 0) is 57.2 Å². The predicted molar refractivity (Wildman–Crippen MR) is 178 cm³/mol. The molecule has 10 heteroatoms. The molecule has 3 aromatic rings. The SMILES string of the molecule is CCN(CCN(C)C(=O)/C=C/CF)c1nc(OCC2CN(C(C)C)CCO2)nc2c1CCN(c1cccc3cccc(C)c13)C2. The second kappa shape index (κ2) is 15.0. The summed E-state index contributed by atoms with van der Waals surface area (Å²) in [4.78, 5) is 31.0. The number of benzene rings is 2. The number of likely N-dealkylation sites (N-methyl/N-ethyl adjacent to an activating group) is 2. The van der Waals surface area contributed by atoms with Gasteiger partial charge in [0, 0.05) is 75.1 Å². The number of ether oxygens (including phenoxy) is 2. The van der Waals surface area contributed by atoms with Crippen LogP contribution in [-0.2, 0) is 22.5 Å². The Morgan fingerprint density at radius 3 is 2.73 bits per heavy atom. The smallest absolute Gasteiger partial charge is 0.318 e. The van der Waals surface area contributed by atoms with Gasteiger partial charge in [-0.2, -0.15) is 9.97 Å². The van der Waals surface area contributed by atoms with Gasteiger partial charge in [-0.1, -0.05) is 30.3 Å². The molecule has 9 nitrogen and oxygen atoms in total. The first-order valence-electron chi connectivity index (χ1n) is 16.1. The van der Waals surface area contributed by atoms with Gasteiger partial charge in [0.1, 0.15) is 25.2 Å². The number of carbonyl (C=O) groups excluding carboxylic acids is 1. The Bertz CT molecular complexity index is 1490. The van der Waals surface area contributed by atoms with Gasteiger partial charge in [-0.3, -0.25) is 9.69 Å². The molecule has 0 aliphatic carbocycles. The number of hydrogen-bond acceptors (Lipinski definition) is 8. The minimum absolute atomic E-state index is 0.0568. The van der Waals surface area contributed by atoms with E-state index in [1.54, 1.807) is 11.9 Å². The zero-order valence-corrected chi connectivity index (χ0v) is 27.3. The standard InChI is InChI=1S/C35H47FN6O3/c1-6-40(19-18-39(5)32(43)14-9-16-36)34-29-15-17-42(31-13-8-12-27-11-7-10-26(4)33(27)31)23-30(29)37-35(38-34)45-24-28-22-41(25(2)3)20-21-44-28/h7-14,25,28H,6,15-24H2,1-5H3/b14-9+. The molecule has 1 aromatic heterocycles. The molecule has 1 fully saturated rings. The van der Waals surface area contributed by atoms with Crippen LogP contribution in [0.5, 0.6) is 6.01 Å². The highest BCUT2D eigenvalue weighted by atomic mass is 19.1. The molecule has 2 aromatic carbocycles. The van der Waals surface area contributed by atoms with Crippen LogP contribution in [0.15, 0.2) is 48.6 Å². The van der Waals surface area contributed by atoms with E-state index in [4.69, 9.17) is 19.4 Å². The third kappa shape index (κ3) is 7.73. The molecule has 1 atom stereocenters. The number of alkyl halides is 1. The van der Waals surface area contributed by atoms with E-state index >= 15 is 0 Å². The van der Waals surface area contributed by atoms with Crippen LogP contribution in [0.2, 0.25) is 0 Å². The quantitative estimate of drug-likeness (QED) is 0.268. The molecule has 1 unspecified atom stereocenters. The number of allylic oxidation sites excluding steroid dienone is 1. The number of nitrogens with zero attached hydrogens (tertiary/aromatic N) is 6. The van der Waals surface area contributed by atoms with Crippen LogP contribution < -0.4 is 14.5 Å². The van der Waals surface area contributed by atoms with Gasteiger partial charge in [0.15, 0.2) is 0 Å². The molecule has 1 amide bonds. The number of carbonyl (C=O) groups is 1. The molecule has 3 heterocycles. The molecular weight excluding hydrogens is 571 g/mol. The molecule has 242 valence electrons. The highest BCUT2D eigenvalue weighted by Crippen LogP contribution is 2.35. The van der Waals surface area contributed by atoms with Gasteiger partial charge in [0.2, 0.25) is 5.91 Å². The minimum atomic E-state index is -0.659. The average Bonchev–Trinajstić information content (AvgIpc) is 3.06. The lowest BCUT2D eigenvalue weighted by molar-refractivity contribution is -0.124. The number of aromatic nitrogens is 2. The van der Waals surface area contributed by atoms with Crippen molar-refractivity contribution in [1.82, 2.24) is 19.8 Å². The molecule has 0 N–H and O–H groups in total. The molecule has 0 saturated carbocycles. The first-order valence-corrected chi connectivity index (χ1v) is 16.1. The summed E-state index contributed by atoms with van der Waals surface area (Å²) < 4.78 is 24.9. The second-order valence-electron chi connectivity index (χ2n) is 12.2. The van der Waals surface area contributed by atoms with Gasteiger partial charge in [0.05, 0.1) is 18.8 Å². The third-order valence-electron chi connectivity index (χ3n) is 8.87. The fourth-order valence-corrected chi connectivity index (χ4v) is 6.24. The van der Waals surface area contributed by atoms with E-state index in [9.17, 15) is 9.18 Å². The van der Waals surface area contributed by atoms with Crippen LogP contribution >= 0.6 is 0 Å². The highest BCUT2D eigenvalue weighted by molar-refractivity contribution is 5.97. The van der Waals surface area contributed by atoms with Crippen molar-refractivity contribution >= 4 is 28.2 Å². The van der Waals surface area contributed by atoms with Crippen molar-refractivity contribution in [2.45, 2.75) is 52.8 Å². The summed E-state index contributed by atoms with van der Waals surface area (Å²) in [5.74, 6) is 0.626. The van der Waals surface area contributed by atoms with Gasteiger partial charge in [-0.25, -0.2) is 4.39 Å². The first kappa shape index (κ1) is 32.6. The lowest BCUT2D eigenvalue weighted by Crippen LogP contribution is -2.47. The number of fused-ring (bicyclic) bond motifs is 2. The summed E-state index contributed by atoms with van der Waals surface area (Å²) in [6.45, 7) is 14.0. The number of hydrogen-bond donors (Lipinski definition) is 0. The highest BCUT2D eigenvalue weighted by Gasteiger charge is 2.28. The van der Waals surface area contributed by atoms with E-state index < -0.39 is 6.67 Å². The Labute approximate surface area is 266 Å². The lowest BCUT2D eigenvalue weighted by atomic mass is 10.00. The number of aryl methyl sites for hydroxylation is 1. The maximum absolute atomic E-state index is 12.6. The van der Waals surface area contributed by atoms with Crippen LogP contribution in [0.3, 0.4) is 0 Å². The summed E-state index contributed by atoms with van der Waals surface area (Å²) >= 11 is 0. The van der Waals surface area contributed by atoms with Gasteiger partial charge in [0.25, 0.3) is 0 Å². The molecule has 5 rings (SSSR count). The maximum Gasteiger partial charge on any atom is 0.318 e. The number of amides is 1. The van der Waals surface area contributed by atoms with Crippen molar-refractivity contribution in [3.05, 3.63) is 65.4 Å². The zero-order valence-electron chi connectivity index (χ0n) is 27.3. The molecule has 1 saturated heterocycles. The fourth-order valence-electron chi connectivity index (χ4n) is 6.24. The van der Waals surface area contributed by atoms with E-state index in [1.807, 2.05) is 0 Å². The summed E-state index contributed by atoms with van der Waals surface area (Å²) in [6, 6.07) is 13.7. The van der Waals surface area contributed by atoms with E-state index in [-0.39, 0.29) is 12.0 Å². The normalized spacial score (nSPS) is 17.2. The minimum Gasteiger partial charge on any atom is -0.461 e. The van der Waals surface area contributed by atoms with Crippen LogP contribution in [0.1, 0.15) is 37.6 Å². The van der Waals surface area contributed by atoms with Crippen molar-refractivity contribution < 1.29 is 18.7 Å². The van der Waals surface area contributed by atoms with Gasteiger partial charge >= 0.3 is 6.01 Å². The molecule has 2 aliphatic heterocycles. The van der Waals surface area contributed by atoms with Crippen molar-refractivity contribution in [1.29, 1.82) is 0 Å². The largest absolute Gasteiger partial charge is 0.461 e. The fraction of sp³-hybridized carbons (Fsp3) is 0.514. The van der Waals surface area contributed by atoms with Crippen molar-refractivity contribution in [3.63, 3.8) is 0 Å². The van der Waals surface area contributed by atoms with Crippen LogP contribution in [-0.4, -0.2) is 104 Å². The number of rotatable bonds is 12. The van der Waals surface area contributed by atoms with E-state index in [1.165, 1.54) is 34.2 Å². The molecule has 0 radical (unpaired) electrons. The molecule has 0 spiro atoms. The number of halogens is 1. The van der Waals surface area contributed by atoms with Gasteiger partial charge in [-0.15, -0.1) is 0 Å². The summed E-state index contributed by atoms with van der Waals surface area (Å²) in [6.07, 6.45) is 3.25. The monoisotopic (exact) mass is 618 g/mol. The number of morpholine rings is 1. The van der Waals surface area contributed by atoms with Gasteiger partial charge < -0.3 is 24.2 Å². The summed E-state index contributed by atoms with van der Waals surface area (Å²) in [5, 5.41) is 2.49. The number of anilines is 2. The molecule has 0 bridgehead atoms. The van der Waals surface area contributed by atoms with Crippen molar-refractivity contribution in [3.8, 4) is 6.01 Å². The Morgan fingerprint density at radius 1 is 1.18 bits per heavy atom.